The number of alkyl halides is 3. The monoisotopic (exact) mass is 423 g/mol. The van der Waals surface area contributed by atoms with Crippen molar-refractivity contribution in [2.75, 3.05) is 25.0 Å². The summed E-state index contributed by atoms with van der Waals surface area (Å²) in [6, 6.07) is 5.77. The Kier molecular flexibility index (Phi) is 6.19. The SMILES string of the molecule is Cc1cc(N2C[C@H]3CCC[C@@H](C2)N(C)C3=O)c2ccc(C(F)(F)F)cc2n1.O=CO. The molecule has 6 nitrogen and oxygen atoms in total. The summed E-state index contributed by atoms with van der Waals surface area (Å²) in [4.78, 5) is 29.4. The fraction of sp³-hybridized carbons (Fsp3) is 0.476. The van der Waals surface area contributed by atoms with Gasteiger partial charge in [-0.25, -0.2) is 0 Å². The van der Waals surface area contributed by atoms with Crippen molar-refractivity contribution in [3.8, 4) is 0 Å². The molecule has 2 bridgehead atoms. The highest BCUT2D eigenvalue weighted by Gasteiger charge is 2.37. The normalized spacial score (nSPS) is 21.7. The van der Waals surface area contributed by atoms with Crippen molar-refractivity contribution in [1.29, 1.82) is 0 Å². The highest BCUT2D eigenvalue weighted by atomic mass is 19.4. The Morgan fingerprint density at radius 2 is 1.90 bits per heavy atom. The van der Waals surface area contributed by atoms with Gasteiger partial charge in [0.05, 0.1) is 17.0 Å². The molecule has 0 saturated carbocycles. The molecule has 2 saturated heterocycles. The highest BCUT2D eigenvalue weighted by Crippen LogP contribution is 2.36. The molecular weight excluding hydrogens is 399 g/mol. The van der Waals surface area contributed by atoms with E-state index in [1.54, 1.807) is 6.92 Å². The van der Waals surface area contributed by atoms with Crippen LogP contribution in [0.25, 0.3) is 10.9 Å². The Morgan fingerprint density at radius 3 is 2.57 bits per heavy atom. The molecule has 2 atom stereocenters. The largest absolute Gasteiger partial charge is 0.483 e. The van der Waals surface area contributed by atoms with E-state index in [2.05, 4.69) is 9.88 Å². The molecule has 2 aliphatic heterocycles. The summed E-state index contributed by atoms with van der Waals surface area (Å²) in [7, 11) is 1.86. The number of aryl methyl sites for hydroxylation is 1. The van der Waals surface area contributed by atoms with E-state index in [1.165, 1.54) is 6.07 Å². The van der Waals surface area contributed by atoms with Crippen LogP contribution in [0.15, 0.2) is 24.3 Å². The first-order valence-corrected chi connectivity index (χ1v) is 9.73. The Morgan fingerprint density at radius 1 is 1.20 bits per heavy atom. The molecule has 2 aromatic rings. The molecule has 0 radical (unpaired) electrons. The average Bonchev–Trinajstić information content (AvgIpc) is 2.85. The van der Waals surface area contributed by atoms with Crippen molar-refractivity contribution in [3.63, 3.8) is 0 Å². The van der Waals surface area contributed by atoms with Crippen molar-refractivity contribution in [2.24, 2.45) is 5.92 Å². The number of likely N-dealkylation sites (N-methyl/N-ethyl adjacent to an activating group) is 1. The van der Waals surface area contributed by atoms with Gasteiger partial charge in [-0.05, 0) is 38.0 Å². The van der Waals surface area contributed by atoms with Crippen LogP contribution in [0.4, 0.5) is 18.9 Å². The van der Waals surface area contributed by atoms with Crippen LogP contribution < -0.4 is 4.90 Å². The number of hydrogen-bond acceptors (Lipinski definition) is 4. The summed E-state index contributed by atoms with van der Waals surface area (Å²) in [5, 5.41) is 7.59. The lowest BCUT2D eigenvalue weighted by molar-refractivity contribution is -0.137. The number of aromatic nitrogens is 1. The fourth-order valence-electron chi connectivity index (χ4n) is 4.34. The number of nitrogens with zero attached hydrogens (tertiary/aromatic N) is 3. The molecule has 162 valence electrons. The minimum absolute atomic E-state index is 0.0690. The number of pyridine rings is 1. The maximum atomic E-state index is 13.1. The van der Waals surface area contributed by atoms with Gasteiger partial charge in [0.15, 0.2) is 0 Å². The molecule has 2 aliphatic rings. The maximum Gasteiger partial charge on any atom is 0.416 e. The number of carboxylic acid groups (broad SMARTS) is 1. The van der Waals surface area contributed by atoms with E-state index < -0.39 is 11.7 Å². The second kappa shape index (κ2) is 8.49. The van der Waals surface area contributed by atoms with Gasteiger partial charge in [0, 0.05) is 42.9 Å². The van der Waals surface area contributed by atoms with Gasteiger partial charge in [-0.2, -0.15) is 13.2 Å². The molecule has 30 heavy (non-hydrogen) atoms. The standard InChI is InChI=1S/C20H22F3N3O.CH2O2/c1-12-8-18(16-7-6-14(20(21,22)23)9-17(16)24-12)26-10-13-4-3-5-15(11-26)25(2)19(13)27;2-1-3/h6-9,13,15H,3-5,10-11H2,1-2H3;1H,(H,2,3)/t13-,15+;/m1./s1. The number of fused-ring (bicyclic) bond motifs is 4. The van der Waals surface area contributed by atoms with Crippen molar-refractivity contribution >= 4 is 29.0 Å². The van der Waals surface area contributed by atoms with Crippen LogP contribution in [0, 0.1) is 12.8 Å². The van der Waals surface area contributed by atoms with Crippen LogP contribution in [0.3, 0.4) is 0 Å². The van der Waals surface area contributed by atoms with E-state index in [0.717, 1.165) is 37.1 Å². The van der Waals surface area contributed by atoms with E-state index in [0.29, 0.717) is 29.7 Å². The number of rotatable bonds is 1. The third-order valence-corrected chi connectivity index (χ3v) is 5.79. The summed E-state index contributed by atoms with van der Waals surface area (Å²) in [5.41, 5.74) is 1.19. The van der Waals surface area contributed by atoms with Crippen molar-refractivity contribution in [1.82, 2.24) is 9.88 Å². The van der Waals surface area contributed by atoms with Gasteiger partial charge < -0.3 is 14.9 Å². The first-order valence-electron chi connectivity index (χ1n) is 9.73. The number of halogens is 3. The third-order valence-electron chi connectivity index (χ3n) is 5.79. The van der Waals surface area contributed by atoms with Gasteiger partial charge in [0.1, 0.15) is 0 Å². The Hall–Kier alpha value is -2.84. The first kappa shape index (κ1) is 21.9. The van der Waals surface area contributed by atoms with Gasteiger partial charge in [-0.1, -0.05) is 12.5 Å². The molecule has 4 rings (SSSR count). The van der Waals surface area contributed by atoms with Gasteiger partial charge in [0.2, 0.25) is 5.91 Å². The maximum absolute atomic E-state index is 13.1. The Labute approximate surface area is 172 Å². The number of carbonyl (C=O) groups is 2. The smallest absolute Gasteiger partial charge is 0.416 e. The Bertz CT molecular complexity index is 948. The number of hydrogen-bond donors (Lipinski definition) is 1. The van der Waals surface area contributed by atoms with Gasteiger partial charge in [-0.3, -0.25) is 14.6 Å². The van der Waals surface area contributed by atoms with E-state index >= 15 is 0 Å². The van der Waals surface area contributed by atoms with Gasteiger partial charge in [-0.15, -0.1) is 0 Å². The number of amides is 1. The minimum Gasteiger partial charge on any atom is -0.483 e. The van der Waals surface area contributed by atoms with Gasteiger partial charge >= 0.3 is 6.18 Å². The lowest BCUT2D eigenvalue weighted by atomic mass is 9.98. The molecule has 9 heteroatoms. The zero-order valence-electron chi connectivity index (χ0n) is 16.8. The number of carbonyl (C=O) groups excluding carboxylic acids is 1. The molecule has 0 aliphatic carbocycles. The van der Waals surface area contributed by atoms with Crippen LogP contribution in [-0.2, 0) is 15.8 Å². The van der Waals surface area contributed by atoms with Crippen LogP contribution in [0.1, 0.15) is 30.5 Å². The Balaban J connectivity index is 0.000000806. The van der Waals surface area contributed by atoms with E-state index in [4.69, 9.17) is 9.90 Å². The third kappa shape index (κ3) is 4.34. The molecule has 0 spiro atoms. The number of anilines is 1. The summed E-state index contributed by atoms with van der Waals surface area (Å²) in [6.07, 6.45) is -1.55. The topological polar surface area (TPSA) is 73.7 Å². The molecular formula is C21H24F3N3O3. The lowest BCUT2D eigenvalue weighted by Crippen LogP contribution is -2.40. The summed E-state index contributed by atoms with van der Waals surface area (Å²) in [6.45, 7) is 2.83. The minimum atomic E-state index is -4.39. The van der Waals surface area contributed by atoms with Crippen LogP contribution in [0.5, 0.6) is 0 Å². The highest BCUT2D eigenvalue weighted by molar-refractivity contribution is 5.93. The first-order chi connectivity index (χ1) is 14.2. The van der Waals surface area contributed by atoms with Gasteiger partial charge in [0.25, 0.3) is 6.47 Å². The second-order valence-corrected chi connectivity index (χ2v) is 7.75. The zero-order valence-corrected chi connectivity index (χ0v) is 16.8. The summed E-state index contributed by atoms with van der Waals surface area (Å²) >= 11 is 0. The molecule has 3 heterocycles. The summed E-state index contributed by atoms with van der Waals surface area (Å²) in [5.74, 6) is 0.106. The van der Waals surface area contributed by atoms with Crippen molar-refractivity contribution in [3.05, 3.63) is 35.5 Å². The average molecular weight is 423 g/mol. The van der Waals surface area contributed by atoms with Crippen molar-refractivity contribution in [2.45, 2.75) is 38.4 Å². The zero-order chi connectivity index (χ0) is 22.1. The van der Waals surface area contributed by atoms with Crippen LogP contribution >= 0.6 is 0 Å². The van der Waals surface area contributed by atoms with E-state index in [-0.39, 0.29) is 24.3 Å². The quantitative estimate of drug-likeness (QED) is 0.708. The second-order valence-electron chi connectivity index (χ2n) is 7.75. The van der Waals surface area contributed by atoms with E-state index in [9.17, 15) is 18.0 Å². The van der Waals surface area contributed by atoms with Crippen LogP contribution in [0.2, 0.25) is 0 Å². The molecule has 1 aromatic heterocycles. The molecule has 1 N–H and O–H groups in total. The fourth-order valence-corrected chi connectivity index (χ4v) is 4.34. The molecule has 1 amide bonds. The molecule has 2 fully saturated rings. The number of benzene rings is 1. The van der Waals surface area contributed by atoms with E-state index in [1.807, 2.05) is 18.0 Å². The predicted molar refractivity (Wildman–Crippen MR) is 106 cm³/mol. The predicted octanol–water partition coefficient (Wildman–Crippen LogP) is 3.71. The summed E-state index contributed by atoms with van der Waals surface area (Å²) < 4.78 is 39.3. The molecule has 1 aromatic carbocycles. The van der Waals surface area contributed by atoms with Crippen LogP contribution in [-0.4, -0.2) is 53.5 Å². The van der Waals surface area contributed by atoms with Crippen molar-refractivity contribution < 1.29 is 27.9 Å². The molecule has 0 unspecified atom stereocenters. The lowest BCUT2D eigenvalue weighted by Gasteiger charge is -2.32.